The van der Waals surface area contributed by atoms with Crippen LogP contribution in [0.25, 0.3) is 0 Å². The molecule has 1 aliphatic heterocycles. The van der Waals surface area contributed by atoms with E-state index in [1.54, 1.807) is 11.8 Å². The van der Waals surface area contributed by atoms with Gasteiger partial charge in [0, 0.05) is 35.8 Å². The maximum atomic E-state index is 13.3. The molecule has 0 N–H and O–H groups in total. The van der Waals surface area contributed by atoms with Crippen molar-refractivity contribution >= 4 is 23.2 Å². The second kappa shape index (κ2) is 7.53. The SMILES string of the molecule is Cc1ccc(C(=O)N(CN2CCCC2=O)c2ccc(F)cc2)cc1[N+](=O)[O-]. The van der Waals surface area contributed by atoms with Crippen LogP contribution in [-0.4, -0.2) is 34.9 Å². The highest BCUT2D eigenvalue weighted by Crippen LogP contribution is 2.24. The summed E-state index contributed by atoms with van der Waals surface area (Å²) in [5.41, 5.74) is 0.823. The Kier molecular flexibility index (Phi) is 5.16. The molecule has 2 aromatic rings. The molecule has 3 rings (SSSR count). The van der Waals surface area contributed by atoms with Gasteiger partial charge in [0.15, 0.2) is 0 Å². The lowest BCUT2D eigenvalue weighted by Crippen LogP contribution is -2.42. The van der Waals surface area contributed by atoms with Crippen LogP contribution < -0.4 is 4.90 Å². The maximum absolute atomic E-state index is 13.3. The predicted molar refractivity (Wildman–Crippen MR) is 96.9 cm³/mol. The summed E-state index contributed by atoms with van der Waals surface area (Å²) in [5.74, 6) is -1.01. The third kappa shape index (κ3) is 3.94. The highest BCUT2D eigenvalue weighted by molar-refractivity contribution is 6.06. The molecule has 1 aliphatic rings. The minimum absolute atomic E-state index is 0.00493. The molecule has 1 fully saturated rings. The normalized spacial score (nSPS) is 13.7. The first-order chi connectivity index (χ1) is 12.9. The Morgan fingerprint density at radius 3 is 2.56 bits per heavy atom. The van der Waals surface area contributed by atoms with E-state index < -0.39 is 16.6 Å². The van der Waals surface area contributed by atoms with Crippen molar-refractivity contribution in [2.75, 3.05) is 18.1 Å². The number of nitro groups is 1. The number of likely N-dealkylation sites (tertiary alicyclic amines) is 1. The van der Waals surface area contributed by atoms with Gasteiger partial charge < -0.3 is 4.90 Å². The smallest absolute Gasteiger partial charge is 0.273 e. The Morgan fingerprint density at radius 1 is 1.26 bits per heavy atom. The Labute approximate surface area is 155 Å². The number of hydrogen-bond donors (Lipinski definition) is 0. The van der Waals surface area contributed by atoms with Gasteiger partial charge in [0.2, 0.25) is 5.91 Å². The molecule has 0 spiro atoms. The first kappa shape index (κ1) is 18.5. The minimum atomic E-state index is -0.543. The topological polar surface area (TPSA) is 83.8 Å². The highest BCUT2D eigenvalue weighted by atomic mass is 19.1. The highest BCUT2D eigenvalue weighted by Gasteiger charge is 2.27. The molecule has 2 amide bonds. The van der Waals surface area contributed by atoms with Crippen molar-refractivity contribution in [3.8, 4) is 0 Å². The number of halogens is 1. The van der Waals surface area contributed by atoms with E-state index in [0.29, 0.717) is 30.6 Å². The van der Waals surface area contributed by atoms with Crippen LogP contribution >= 0.6 is 0 Å². The predicted octanol–water partition coefficient (Wildman–Crippen LogP) is 3.27. The number of nitrogens with zero attached hydrogens (tertiary/aromatic N) is 3. The summed E-state index contributed by atoms with van der Waals surface area (Å²) in [7, 11) is 0. The molecule has 140 valence electrons. The molecule has 0 atom stereocenters. The van der Waals surface area contributed by atoms with Gasteiger partial charge >= 0.3 is 0 Å². The number of carbonyl (C=O) groups excluding carboxylic acids is 2. The number of rotatable bonds is 5. The van der Waals surface area contributed by atoms with Gasteiger partial charge in [-0.15, -0.1) is 0 Å². The lowest BCUT2D eigenvalue weighted by atomic mass is 10.1. The maximum Gasteiger partial charge on any atom is 0.273 e. The average Bonchev–Trinajstić information content (AvgIpc) is 3.05. The number of hydrogen-bond acceptors (Lipinski definition) is 4. The molecule has 0 unspecified atom stereocenters. The molecule has 0 saturated carbocycles. The second-order valence-electron chi connectivity index (χ2n) is 6.37. The molecule has 7 nitrogen and oxygen atoms in total. The third-order valence-electron chi connectivity index (χ3n) is 4.52. The van der Waals surface area contributed by atoms with Gasteiger partial charge in [-0.05, 0) is 43.7 Å². The van der Waals surface area contributed by atoms with Crippen molar-refractivity contribution in [3.63, 3.8) is 0 Å². The van der Waals surface area contributed by atoms with Crippen LogP contribution in [0.15, 0.2) is 42.5 Å². The summed E-state index contributed by atoms with van der Waals surface area (Å²) < 4.78 is 13.3. The van der Waals surface area contributed by atoms with Crippen molar-refractivity contribution in [1.82, 2.24) is 4.90 Å². The zero-order chi connectivity index (χ0) is 19.6. The third-order valence-corrected chi connectivity index (χ3v) is 4.52. The molecule has 0 radical (unpaired) electrons. The molecule has 1 heterocycles. The van der Waals surface area contributed by atoms with Crippen molar-refractivity contribution in [2.45, 2.75) is 19.8 Å². The Hall–Kier alpha value is -3.29. The molecule has 0 aliphatic carbocycles. The lowest BCUT2D eigenvalue weighted by Gasteiger charge is -2.28. The summed E-state index contributed by atoms with van der Waals surface area (Å²) in [6.07, 6.45) is 1.13. The van der Waals surface area contributed by atoms with E-state index >= 15 is 0 Å². The number of anilines is 1. The number of nitro benzene ring substituents is 1. The average molecular weight is 371 g/mol. The molecule has 8 heteroatoms. The first-order valence-electron chi connectivity index (χ1n) is 8.47. The minimum Gasteiger partial charge on any atom is -0.324 e. The van der Waals surface area contributed by atoms with E-state index in [1.165, 1.54) is 47.4 Å². The zero-order valence-electron chi connectivity index (χ0n) is 14.7. The summed E-state index contributed by atoms with van der Waals surface area (Å²) >= 11 is 0. The van der Waals surface area contributed by atoms with E-state index in [-0.39, 0.29) is 23.8 Å². The fraction of sp³-hybridized carbons (Fsp3) is 0.263. The van der Waals surface area contributed by atoms with Crippen molar-refractivity contribution in [2.24, 2.45) is 0 Å². The summed E-state index contributed by atoms with van der Waals surface area (Å²) in [5, 5.41) is 11.2. The zero-order valence-corrected chi connectivity index (χ0v) is 14.7. The number of amides is 2. The largest absolute Gasteiger partial charge is 0.324 e. The van der Waals surface area contributed by atoms with Gasteiger partial charge in [-0.25, -0.2) is 4.39 Å². The van der Waals surface area contributed by atoms with E-state index in [9.17, 15) is 24.1 Å². The fourth-order valence-corrected chi connectivity index (χ4v) is 3.00. The van der Waals surface area contributed by atoms with E-state index in [1.807, 2.05) is 0 Å². The Bertz CT molecular complexity index is 898. The lowest BCUT2D eigenvalue weighted by molar-refractivity contribution is -0.385. The van der Waals surface area contributed by atoms with Crippen LogP contribution in [0.3, 0.4) is 0 Å². The van der Waals surface area contributed by atoms with Crippen LogP contribution in [0.2, 0.25) is 0 Å². The van der Waals surface area contributed by atoms with E-state index in [4.69, 9.17) is 0 Å². The number of carbonyl (C=O) groups is 2. The molecular formula is C19H18FN3O4. The summed E-state index contributed by atoms with van der Waals surface area (Å²) in [6, 6.07) is 9.56. The Morgan fingerprint density at radius 2 is 1.96 bits per heavy atom. The van der Waals surface area contributed by atoms with Gasteiger partial charge in [-0.3, -0.25) is 24.6 Å². The van der Waals surface area contributed by atoms with Gasteiger partial charge in [0.25, 0.3) is 11.6 Å². The number of aryl methyl sites for hydroxylation is 1. The standard InChI is InChI=1S/C19H18FN3O4/c1-13-4-5-14(11-17(13)23(26)27)19(25)22(12-21-10-2-3-18(21)24)16-8-6-15(20)7-9-16/h4-9,11H,2-3,10,12H2,1H3. The van der Waals surface area contributed by atoms with Gasteiger partial charge in [-0.1, -0.05) is 6.07 Å². The van der Waals surface area contributed by atoms with Crippen molar-refractivity contribution < 1.29 is 18.9 Å². The van der Waals surface area contributed by atoms with Crippen molar-refractivity contribution in [3.05, 3.63) is 69.5 Å². The first-order valence-corrected chi connectivity index (χ1v) is 8.47. The number of benzene rings is 2. The molecule has 0 aromatic heterocycles. The van der Waals surface area contributed by atoms with Crippen molar-refractivity contribution in [1.29, 1.82) is 0 Å². The van der Waals surface area contributed by atoms with Crippen LogP contribution in [0.4, 0.5) is 15.8 Å². The van der Waals surface area contributed by atoms with E-state index in [2.05, 4.69) is 0 Å². The second-order valence-corrected chi connectivity index (χ2v) is 6.37. The molecule has 27 heavy (non-hydrogen) atoms. The summed E-state index contributed by atoms with van der Waals surface area (Å²) in [4.78, 5) is 38.6. The molecule has 2 aromatic carbocycles. The van der Waals surface area contributed by atoms with Gasteiger partial charge in [0.1, 0.15) is 12.5 Å². The van der Waals surface area contributed by atoms with Crippen LogP contribution in [0.5, 0.6) is 0 Å². The monoisotopic (exact) mass is 371 g/mol. The molecular weight excluding hydrogens is 353 g/mol. The van der Waals surface area contributed by atoms with Crippen LogP contribution in [0, 0.1) is 22.9 Å². The molecule has 1 saturated heterocycles. The quantitative estimate of drug-likeness (QED) is 0.596. The Balaban J connectivity index is 1.97. The van der Waals surface area contributed by atoms with Gasteiger partial charge in [-0.2, -0.15) is 0 Å². The van der Waals surface area contributed by atoms with E-state index in [0.717, 1.165) is 0 Å². The summed E-state index contributed by atoms with van der Waals surface area (Å²) in [6.45, 7) is 2.12. The molecule has 0 bridgehead atoms. The fourth-order valence-electron chi connectivity index (χ4n) is 3.00. The van der Waals surface area contributed by atoms with Crippen LogP contribution in [-0.2, 0) is 4.79 Å². The van der Waals surface area contributed by atoms with Gasteiger partial charge in [0.05, 0.1) is 4.92 Å². The van der Waals surface area contributed by atoms with Crippen LogP contribution in [0.1, 0.15) is 28.8 Å².